The molecule has 0 aliphatic rings. The minimum absolute atomic E-state index is 0.437. The largest absolute Gasteiger partial charge is 0.145 e. The highest BCUT2D eigenvalue weighted by molar-refractivity contribution is 5.43. The molecular weight excluding hydrogens is 138 g/mol. The molecule has 0 spiro atoms. The minimum Gasteiger partial charge on any atom is -0.145 e. The number of hydrogen-bond acceptors (Lipinski definition) is 2. The van der Waals surface area contributed by atoms with E-state index in [0.717, 1.165) is 5.56 Å². The van der Waals surface area contributed by atoms with Crippen LogP contribution in [0.1, 0.15) is 12.5 Å². The van der Waals surface area contributed by atoms with Gasteiger partial charge in [-0.15, -0.1) is 10.8 Å². The molecule has 0 atom stereocenters. The van der Waals surface area contributed by atoms with Crippen LogP contribution in [-0.2, 0) is 0 Å². The quantitative estimate of drug-likeness (QED) is 0.441. The van der Waals surface area contributed by atoms with Gasteiger partial charge in [-0.05, 0) is 36.4 Å². The molecule has 54 valence electrons. The van der Waals surface area contributed by atoms with Gasteiger partial charge in [0.1, 0.15) is 5.69 Å². The Labute approximate surface area is 65.2 Å². The van der Waals surface area contributed by atoms with Gasteiger partial charge < -0.3 is 0 Å². The fourth-order valence-electron chi connectivity index (χ4n) is 0.750. The lowest BCUT2D eigenvalue weighted by Gasteiger charge is -1.88. The van der Waals surface area contributed by atoms with Gasteiger partial charge in [-0.1, -0.05) is 5.92 Å². The van der Waals surface area contributed by atoms with Crippen LogP contribution in [0.3, 0.4) is 0 Å². The van der Waals surface area contributed by atoms with E-state index in [9.17, 15) is 4.91 Å². The van der Waals surface area contributed by atoms with Crippen molar-refractivity contribution in [2.24, 2.45) is 5.18 Å². The molecule has 0 unspecified atom stereocenters. The summed E-state index contributed by atoms with van der Waals surface area (Å²) < 4.78 is 0. The molecule has 0 aliphatic carbocycles. The van der Waals surface area contributed by atoms with Gasteiger partial charge >= 0.3 is 0 Å². The maximum absolute atomic E-state index is 9.99. The van der Waals surface area contributed by atoms with E-state index in [1.54, 1.807) is 31.2 Å². The zero-order valence-electron chi connectivity index (χ0n) is 6.16. The fourth-order valence-corrected chi connectivity index (χ4v) is 0.750. The van der Waals surface area contributed by atoms with E-state index < -0.39 is 0 Å². The third-order valence-electron chi connectivity index (χ3n) is 1.24. The Bertz CT molecular complexity index is 303. The van der Waals surface area contributed by atoms with Crippen LogP contribution in [0, 0.1) is 16.7 Å². The van der Waals surface area contributed by atoms with Gasteiger partial charge in [0, 0.05) is 5.56 Å². The van der Waals surface area contributed by atoms with Gasteiger partial charge in [0.2, 0.25) is 0 Å². The van der Waals surface area contributed by atoms with Crippen LogP contribution in [0.4, 0.5) is 5.69 Å². The highest BCUT2D eigenvalue weighted by Crippen LogP contribution is 2.10. The average Bonchev–Trinajstić information content (AvgIpc) is 2.07. The first-order valence-electron chi connectivity index (χ1n) is 3.23. The number of hydrogen-bond donors (Lipinski definition) is 0. The first kappa shape index (κ1) is 7.49. The second kappa shape index (κ2) is 3.52. The molecule has 0 saturated heterocycles. The molecule has 0 heterocycles. The molecule has 0 bridgehead atoms. The summed E-state index contributed by atoms with van der Waals surface area (Å²) in [5.74, 6) is 5.63. The maximum atomic E-state index is 9.99. The van der Waals surface area contributed by atoms with E-state index in [2.05, 4.69) is 17.0 Å². The van der Waals surface area contributed by atoms with Crippen LogP contribution < -0.4 is 0 Å². The van der Waals surface area contributed by atoms with Gasteiger partial charge in [0.25, 0.3) is 0 Å². The summed E-state index contributed by atoms with van der Waals surface area (Å²) in [6, 6.07) is 6.83. The molecule has 1 aromatic carbocycles. The monoisotopic (exact) mass is 145 g/mol. The molecule has 2 heteroatoms. The molecule has 0 amide bonds. The minimum atomic E-state index is 0.437. The summed E-state index contributed by atoms with van der Waals surface area (Å²) in [5.41, 5.74) is 1.34. The Morgan fingerprint density at radius 2 is 1.91 bits per heavy atom. The molecule has 0 aliphatic heterocycles. The lowest BCUT2D eigenvalue weighted by molar-refractivity contribution is 1.49. The molecule has 11 heavy (non-hydrogen) atoms. The average molecular weight is 145 g/mol. The summed E-state index contributed by atoms with van der Waals surface area (Å²) >= 11 is 0. The first-order valence-corrected chi connectivity index (χ1v) is 3.23. The molecule has 0 radical (unpaired) electrons. The standard InChI is InChI=1S/C9H7NO/c1-2-3-8-4-6-9(10-11)7-5-8/h4-7H,1H3. The Morgan fingerprint density at radius 3 is 2.36 bits per heavy atom. The predicted octanol–water partition coefficient (Wildman–Crippen LogP) is 2.46. The van der Waals surface area contributed by atoms with Crippen LogP contribution in [0.5, 0.6) is 0 Å². The Kier molecular flexibility index (Phi) is 2.40. The normalized spacial score (nSPS) is 8.09. The van der Waals surface area contributed by atoms with E-state index in [1.165, 1.54) is 0 Å². The Morgan fingerprint density at radius 1 is 1.27 bits per heavy atom. The zero-order chi connectivity index (χ0) is 8.10. The summed E-state index contributed by atoms with van der Waals surface area (Å²) in [6.45, 7) is 1.77. The van der Waals surface area contributed by atoms with Crippen LogP contribution >= 0.6 is 0 Å². The van der Waals surface area contributed by atoms with Crippen molar-refractivity contribution in [3.05, 3.63) is 34.7 Å². The van der Waals surface area contributed by atoms with Crippen molar-refractivity contribution in [2.75, 3.05) is 0 Å². The Balaban J connectivity index is 2.97. The second-order valence-electron chi connectivity index (χ2n) is 2.01. The van der Waals surface area contributed by atoms with Crippen molar-refractivity contribution in [2.45, 2.75) is 6.92 Å². The third-order valence-corrected chi connectivity index (χ3v) is 1.24. The lowest BCUT2D eigenvalue weighted by Crippen LogP contribution is -1.70. The van der Waals surface area contributed by atoms with E-state index in [-0.39, 0.29) is 0 Å². The van der Waals surface area contributed by atoms with Crippen molar-refractivity contribution >= 4 is 5.69 Å². The van der Waals surface area contributed by atoms with Gasteiger partial charge in [0.05, 0.1) is 0 Å². The van der Waals surface area contributed by atoms with Crippen LogP contribution in [0.15, 0.2) is 29.4 Å². The van der Waals surface area contributed by atoms with Crippen molar-refractivity contribution in [3.63, 3.8) is 0 Å². The summed E-state index contributed by atoms with van der Waals surface area (Å²) in [7, 11) is 0. The smallest absolute Gasteiger partial charge is 0.108 e. The molecule has 0 aromatic heterocycles. The van der Waals surface area contributed by atoms with E-state index in [4.69, 9.17) is 0 Å². The predicted molar refractivity (Wildman–Crippen MR) is 44.4 cm³/mol. The Hall–Kier alpha value is -1.62. The molecule has 2 nitrogen and oxygen atoms in total. The SMILES string of the molecule is CC#Cc1ccc(N=O)cc1. The molecule has 0 N–H and O–H groups in total. The van der Waals surface area contributed by atoms with Gasteiger partial charge in [0.15, 0.2) is 0 Å². The number of nitroso groups, excluding NO2 is 1. The summed E-state index contributed by atoms with van der Waals surface area (Å²) in [5, 5.41) is 2.77. The topological polar surface area (TPSA) is 29.4 Å². The molecule has 0 saturated carbocycles. The van der Waals surface area contributed by atoms with Crippen molar-refractivity contribution in [1.82, 2.24) is 0 Å². The molecular formula is C9H7NO. The lowest BCUT2D eigenvalue weighted by atomic mass is 10.2. The maximum Gasteiger partial charge on any atom is 0.108 e. The fraction of sp³-hybridized carbons (Fsp3) is 0.111. The van der Waals surface area contributed by atoms with Crippen molar-refractivity contribution in [1.29, 1.82) is 0 Å². The number of nitrogens with zero attached hydrogens (tertiary/aromatic N) is 1. The number of rotatable bonds is 1. The first-order chi connectivity index (χ1) is 5.36. The van der Waals surface area contributed by atoms with E-state index >= 15 is 0 Å². The van der Waals surface area contributed by atoms with Gasteiger partial charge in [-0.25, -0.2) is 0 Å². The highest BCUT2D eigenvalue weighted by Gasteiger charge is 1.88. The van der Waals surface area contributed by atoms with E-state index in [0.29, 0.717) is 5.69 Å². The van der Waals surface area contributed by atoms with Crippen molar-refractivity contribution in [3.8, 4) is 11.8 Å². The summed E-state index contributed by atoms with van der Waals surface area (Å²) in [4.78, 5) is 9.99. The van der Waals surface area contributed by atoms with Gasteiger partial charge in [-0.3, -0.25) is 0 Å². The highest BCUT2D eigenvalue weighted by atomic mass is 16.3. The zero-order valence-corrected chi connectivity index (χ0v) is 6.16. The number of benzene rings is 1. The third kappa shape index (κ3) is 1.91. The summed E-state index contributed by atoms with van der Waals surface area (Å²) in [6.07, 6.45) is 0. The van der Waals surface area contributed by atoms with Crippen molar-refractivity contribution < 1.29 is 0 Å². The van der Waals surface area contributed by atoms with E-state index in [1.807, 2.05) is 0 Å². The van der Waals surface area contributed by atoms with Crippen LogP contribution in [0.25, 0.3) is 0 Å². The molecule has 1 rings (SSSR count). The van der Waals surface area contributed by atoms with Gasteiger partial charge in [-0.2, -0.15) is 0 Å². The van der Waals surface area contributed by atoms with Crippen LogP contribution in [0.2, 0.25) is 0 Å². The second-order valence-corrected chi connectivity index (χ2v) is 2.01. The van der Waals surface area contributed by atoms with Crippen LogP contribution in [-0.4, -0.2) is 0 Å². The molecule has 1 aromatic rings. The molecule has 0 fully saturated rings.